The van der Waals surface area contributed by atoms with E-state index in [-0.39, 0.29) is 24.0 Å². The largest absolute Gasteiger partial charge is 0.382 e. The highest BCUT2D eigenvalue weighted by Crippen LogP contribution is 2.50. The Morgan fingerprint density at radius 1 is 1.17 bits per heavy atom. The summed E-state index contributed by atoms with van der Waals surface area (Å²) >= 11 is 0. The van der Waals surface area contributed by atoms with Gasteiger partial charge in [0.05, 0.1) is 0 Å². The van der Waals surface area contributed by atoms with Crippen LogP contribution in [0.25, 0.3) is 0 Å². The summed E-state index contributed by atoms with van der Waals surface area (Å²) in [5.41, 5.74) is 1.09. The Balaban J connectivity index is 0.00000192. The summed E-state index contributed by atoms with van der Waals surface area (Å²) in [4.78, 5) is 7.52. The second kappa shape index (κ2) is 8.37. The fourth-order valence-corrected chi connectivity index (χ4v) is 3.97. The van der Waals surface area contributed by atoms with Crippen LogP contribution in [0.3, 0.4) is 0 Å². The van der Waals surface area contributed by atoms with Crippen molar-refractivity contribution in [2.75, 3.05) is 39.4 Å². The number of guanidine groups is 1. The zero-order chi connectivity index (χ0) is 15.5. The van der Waals surface area contributed by atoms with Crippen LogP contribution in [0.15, 0.2) is 4.99 Å². The van der Waals surface area contributed by atoms with Crippen LogP contribution in [0.4, 0.5) is 0 Å². The molecule has 134 valence electrons. The molecule has 0 amide bonds. The lowest BCUT2D eigenvalue weighted by Gasteiger charge is -2.38. The van der Waals surface area contributed by atoms with Gasteiger partial charge in [-0.15, -0.1) is 24.0 Å². The maximum absolute atomic E-state index is 5.54. The lowest BCUT2D eigenvalue weighted by molar-refractivity contribution is 0.129. The third-order valence-corrected chi connectivity index (χ3v) is 5.99. The van der Waals surface area contributed by atoms with Crippen LogP contribution < -0.4 is 5.32 Å². The molecule has 1 N–H and O–H groups in total. The van der Waals surface area contributed by atoms with Crippen molar-refractivity contribution < 1.29 is 4.74 Å². The van der Waals surface area contributed by atoms with Crippen LogP contribution in [0, 0.1) is 10.8 Å². The quantitative estimate of drug-likeness (QED) is 0.287. The van der Waals surface area contributed by atoms with E-state index >= 15 is 0 Å². The van der Waals surface area contributed by atoms with Gasteiger partial charge in [-0.2, -0.15) is 0 Å². The Morgan fingerprint density at radius 2 is 1.96 bits per heavy atom. The number of rotatable bonds is 7. The second-order valence-corrected chi connectivity index (χ2v) is 7.64. The van der Waals surface area contributed by atoms with Gasteiger partial charge in [0.1, 0.15) is 0 Å². The summed E-state index contributed by atoms with van der Waals surface area (Å²) in [5, 5.41) is 3.52. The van der Waals surface area contributed by atoms with E-state index in [0.29, 0.717) is 10.8 Å². The molecular formula is C18H34IN3O. The van der Waals surface area contributed by atoms with Crippen molar-refractivity contribution in [3.05, 3.63) is 0 Å². The van der Waals surface area contributed by atoms with E-state index in [1.54, 1.807) is 0 Å². The van der Waals surface area contributed by atoms with Gasteiger partial charge in [-0.25, -0.2) is 0 Å². The van der Waals surface area contributed by atoms with Crippen molar-refractivity contribution in [2.45, 2.75) is 58.8 Å². The number of ether oxygens (including phenoxy) is 1. The number of aliphatic imine (C=N–C) groups is 1. The molecule has 5 heteroatoms. The molecule has 4 nitrogen and oxygen atoms in total. The Hall–Kier alpha value is -0.0400. The van der Waals surface area contributed by atoms with Gasteiger partial charge in [0, 0.05) is 39.4 Å². The number of nitrogens with one attached hydrogen (secondary N) is 1. The molecule has 2 saturated carbocycles. The van der Waals surface area contributed by atoms with E-state index in [1.165, 1.54) is 58.0 Å². The van der Waals surface area contributed by atoms with Gasteiger partial charge in [0.15, 0.2) is 5.96 Å². The van der Waals surface area contributed by atoms with Crippen molar-refractivity contribution in [2.24, 2.45) is 15.8 Å². The van der Waals surface area contributed by atoms with E-state index < -0.39 is 0 Å². The minimum absolute atomic E-state index is 0. The molecule has 2 aliphatic carbocycles. The van der Waals surface area contributed by atoms with Gasteiger partial charge in [0.2, 0.25) is 0 Å². The standard InChI is InChI=1S/C18H33N3O.HI/c1-3-19-16(21-12-10-18(15-21)6-5-7-18)20-14-17(8-9-17)11-13-22-4-2;/h3-15H2,1-2H3,(H,19,20);1H. The van der Waals surface area contributed by atoms with Gasteiger partial charge in [0.25, 0.3) is 0 Å². The lowest BCUT2D eigenvalue weighted by Crippen LogP contribution is -2.42. The molecule has 1 saturated heterocycles. The van der Waals surface area contributed by atoms with Crippen molar-refractivity contribution >= 4 is 29.9 Å². The molecule has 23 heavy (non-hydrogen) atoms. The molecule has 3 fully saturated rings. The van der Waals surface area contributed by atoms with Crippen molar-refractivity contribution in [3.8, 4) is 0 Å². The molecule has 0 radical (unpaired) electrons. The van der Waals surface area contributed by atoms with Crippen molar-refractivity contribution in [1.82, 2.24) is 10.2 Å². The second-order valence-electron chi connectivity index (χ2n) is 7.64. The molecule has 1 aliphatic heterocycles. The van der Waals surface area contributed by atoms with Gasteiger partial charge < -0.3 is 15.0 Å². The summed E-state index contributed by atoms with van der Waals surface area (Å²) in [6.45, 7) is 10.3. The molecule has 0 aromatic carbocycles. The van der Waals surface area contributed by atoms with Gasteiger partial charge in [-0.1, -0.05) is 6.42 Å². The normalized spacial score (nSPS) is 24.3. The van der Waals surface area contributed by atoms with Gasteiger partial charge in [-0.3, -0.25) is 4.99 Å². The highest BCUT2D eigenvalue weighted by atomic mass is 127. The molecule has 3 aliphatic rings. The summed E-state index contributed by atoms with van der Waals surface area (Å²) < 4.78 is 5.54. The molecule has 3 rings (SSSR count). The van der Waals surface area contributed by atoms with Crippen LogP contribution in [-0.2, 0) is 4.74 Å². The lowest BCUT2D eigenvalue weighted by atomic mass is 9.68. The van der Waals surface area contributed by atoms with E-state index in [9.17, 15) is 0 Å². The molecular weight excluding hydrogens is 401 g/mol. The zero-order valence-electron chi connectivity index (χ0n) is 14.9. The van der Waals surface area contributed by atoms with E-state index in [2.05, 4.69) is 24.1 Å². The maximum Gasteiger partial charge on any atom is 0.193 e. The minimum atomic E-state index is 0. The molecule has 0 unspecified atom stereocenters. The fourth-order valence-electron chi connectivity index (χ4n) is 3.97. The first kappa shape index (κ1) is 19.3. The molecule has 0 aromatic rings. The SMILES string of the molecule is CCNC(=NCC1(CCOCC)CC1)N1CCC2(CCC2)C1.I. The van der Waals surface area contributed by atoms with E-state index in [1.807, 2.05) is 0 Å². The average Bonchev–Trinajstić information content (AvgIpc) is 3.09. The van der Waals surface area contributed by atoms with Gasteiger partial charge in [-0.05, 0) is 63.2 Å². The number of halogens is 1. The molecule has 0 aromatic heterocycles. The molecule has 1 spiro atoms. The first-order chi connectivity index (χ1) is 10.7. The minimum Gasteiger partial charge on any atom is -0.382 e. The molecule has 1 heterocycles. The predicted molar refractivity (Wildman–Crippen MR) is 107 cm³/mol. The monoisotopic (exact) mass is 435 g/mol. The summed E-state index contributed by atoms with van der Waals surface area (Å²) in [6, 6.07) is 0. The molecule has 0 atom stereocenters. The van der Waals surface area contributed by atoms with Crippen molar-refractivity contribution in [3.63, 3.8) is 0 Å². The van der Waals surface area contributed by atoms with Crippen LogP contribution in [-0.4, -0.2) is 50.3 Å². The fraction of sp³-hybridized carbons (Fsp3) is 0.944. The average molecular weight is 435 g/mol. The summed E-state index contributed by atoms with van der Waals surface area (Å²) in [6.07, 6.45) is 9.49. The van der Waals surface area contributed by atoms with Crippen LogP contribution >= 0.6 is 24.0 Å². The van der Waals surface area contributed by atoms with Crippen LogP contribution in [0.1, 0.15) is 58.8 Å². The van der Waals surface area contributed by atoms with E-state index in [4.69, 9.17) is 9.73 Å². The summed E-state index contributed by atoms with van der Waals surface area (Å²) in [7, 11) is 0. The zero-order valence-corrected chi connectivity index (χ0v) is 17.2. The predicted octanol–water partition coefficient (Wildman–Crippen LogP) is 3.65. The molecule has 0 bridgehead atoms. The first-order valence-corrected chi connectivity index (χ1v) is 9.32. The third-order valence-electron chi connectivity index (χ3n) is 5.99. The van der Waals surface area contributed by atoms with Gasteiger partial charge >= 0.3 is 0 Å². The summed E-state index contributed by atoms with van der Waals surface area (Å²) in [5.74, 6) is 1.16. The topological polar surface area (TPSA) is 36.9 Å². The Bertz CT molecular complexity index is 405. The number of likely N-dealkylation sites (tertiary alicyclic amines) is 1. The van der Waals surface area contributed by atoms with Crippen LogP contribution in [0.2, 0.25) is 0 Å². The smallest absolute Gasteiger partial charge is 0.193 e. The third kappa shape index (κ3) is 4.74. The number of nitrogens with zero attached hydrogens (tertiary/aromatic N) is 2. The highest BCUT2D eigenvalue weighted by Gasteiger charge is 2.44. The number of hydrogen-bond donors (Lipinski definition) is 1. The Labute approximate surface area is 158 Å². The Morgan fingerprint density at radius 3 is 2.48 bits per heavy atom. The van der Waals surface area contributed by atoms with Crippen LogP contribution in [0.5, 0.6) is 0 Å². The Kier molecular flexibility index (Phi) is 7.01. The maximum atomic E-state index is 5.54. The first-order valence-electron chi connectivity index (χ1n) is 9.32. The number of hydrogen-bond acceptors (Lipinski definition) is 2. The highest BCUT2D eigenvalue weighted by molar-refractivity contribution is 14.0. The van der Waals surface area contributed by atoms with Crippen molar-refractivity contribution in [1.29, 1.82) is 0 Å². The van der Waals surface area contributed by atoms with E-state index in [0.717, 1.165) is 32.3 Å².